The van der Waals surface area contributed by atoms with E-state index in [1.165, 1.54) is 12.8 Å². The maximum atomic E-state index is 12.8. The zero-order valence-corrected chi connectivity index (χ0v) is 16.4. The number of aryl methyl sites for hydroxylation is 1. The molecule has 1 aromatic carbocycles. The molecule has 1 saturated carbocycles. The van der Waals surface area contributed by atoms with Gasteiger partial charge in [0.05, 0.1) is 11.0 Å². The van der Waals surface area contributed by atoms with Crippen LogP contribution in [-0.2, 0) is 16.6 Å². The summed E-state index contributed by atoms with van der Waals surface area (Å²) in [6.07, 6.45) is 6.32. The lowest BCUT2D eigenvalue weighted by Crippen LogP contribution is -2.25. The predicted octanol–water partition coefficient (Wildman–Crippen LogP) is 3.81. The molecule has 6 heteroatoms. The first-order valence-electron chi connectivity index (χ1n) is 9.05. The first-order chi connectivity index (χ1) is 12.4. The SMILES string of the molecule is Cc1nccc(CNS(=O)(=O)c2cccc(OC3CCCC3)c2C)c1C. The van der Waals surface area contributed by atoms with Crippen molar-refractivity contribution in [3.05, 3.63) is 52.8 Å². The van der Waals surface area contributed by atoms with E-state index < -0.39 is 10.0 Å². The lowest BCUT2D eigenvalue weighted by Gasteiger charge is -2.17. The molecule has 0 aliphatic heterocycles. The Kier molecular flexibility index (Phi) is 5.63. The molecule has 0 radical (unpaired) electrons. The van der Waals surface area contributed by atoms with Gasteiger partial charge in [-0.25, -0.2) is 13.1 Å². The van der Waals surface area contributed by atoms with Crippen molar-refractivity contribution in [2.45, 2.75) is 64.0 Å². The number of aromatic nitrogens is 1. The van der Waals surface area contributed by atoms with Gasteiger partial charge in [-0.2, -0.15) is 0 Å². The van der Waals surface area contributed by atoms with E-state index in [-0.39, 0.29) is 17.5 Å². The fourth-order valence-corrected chi connectivity index (χ4v) is 4.60. The summed E-state index contributed by atoms with van der Waals surface area (Å²) in [6, 6.07) is 7.07. The van der Waals surface area contributed by atoms with Gasteiger partial charge in [0.25, 0.3) is 0 Å². The first kappa shape index (κ1) is 18.9. The predicted molar refractivity (Wildman–Crippen MR) is 102 cm³/mol. The molecule has 1 N–H and O–H groups in total. The van der Waals surface area contributed by atoms with Crippen LogP contribution in [0.2, 0.25) is 0 Å². The van der Waals surface area contributed by atoms with Crippen molar-refractivity contribution in [2.75, 3.05) is 0 Å². The maximum absolute atomic E-state index is 12.8. The van der Waals surface area contributed by atoms with Crippen molar-refractivity contribution in [2.24, 2.45) is 0 Å². The van der Waals surface area contributed by atoms with Crippen LogP contribution in [0, 0.1) is 20.8 Å². The third kappa shape index (κ3) is 4.07. The Labute approximate surface area is 155 Å². The van der Waals surface area contributed by atoms with E-state index in [0.717, 1.165) is 29.7 Å². The van der Waals surface area contributed by atoms with Crippen molar-refractivity contribution in [1.29, 1.82) is 0 Å². The zero-order valence-electron chi connectivity index (χ0n) is 15.6. The zero-order chi connectivity index (χ0) is 18.7. The Morgan fingerprint density at radius 3 is 2.58 bits per heavy atom. The van der Waals surface area contributed by atoms with Crippen LogP contribution in [-0.4, -0.2) is 19.5 Å². The van der Waals surface area contributed by atoms with Gasteiger partial charge in [-0.05, 0) is 75.8 Å². The van der Waals surface area contributed by atoms with Gasteiger partial charge in [-0.3, -0.25) is 4.98 Å². The van der Waals surface area contributed by atoms with E-state index in [1.54, 1.807) is 25.3 Å². The molecule has 0 unspecified atom stereocenters. The lowest BCUT2D eigenvalue weighted by atomic mass is 10.1. The second kappa shape index (κ2) is 7.76. The largest absolute Gasteiger partial charge is 0.490 e. The molecule has 5 nitrogen and oxygen atoms in total. The van der Waals surface area contributed by atoms with Gasteiger partial charge < -0.3 is 4.74 Å². The minimum Gasteiger partial charge on any atom is -0.490 e. The molecule has 26 heavy (non-hydrogen) atoms. The number of nitrogens with one attached hydrogen (secondary N) is 1. The summed E-state index contributed by atoms with van der Waals surface area (Å²) in [4.78, 5) is 4.50. The van der Waals surface area contributed by atoms with Crippen LogP contribution in [0.3, 0.4) is 0 Å². The Morgan fingerprint density at radius 1 is 1.12 bits per heavy atom. The van der Waals surface area contributed by atoms with Crippen LogP contribution in [0.4, 0.5) is 0 Å². The molecule has 140 valence electrons. The monoisotopic (exact) mass is 374 g/mol. The summed E-state index contributed by atoms with van der Waals surface area (Å²) >= 11 is 0. The molecule has 0 spiro atoms. The van der Waals surface area contributed by atoms with Gasteiger partial charge in [0, 0.05) is 24.0 Å². The number of ether oxygens (including phenoxy) is 1. The van der Waals surface area contributed by atoms with Crippen LogP contribution >= 0.6 is 0 Å². The van der Waals surface area contributed by atoms with Gasteiger partial charge in [-0.15, -0.1) is 0 Å². The summed E-state index contributed by atoms with van der Waals surface area (Å²) in [6.45, 7) is 5.92. The molecule has 1 fully saturated rings. The van der Waals surface area contributed by atoms with E-state index in [4.69, 9.17) is 4.74 Å². The highest BCUT2D eigenvalue weighted by Crippen LogP contribution is 2.29. The minimum absolute atomic E-state index is 0.196. The fourth-order valence-electron chi connectivity index (χ4n) is 3.33. The average molecular weight is 375 g/mol. The molecule has 0 saturated heterocycles. The quantitative estimate of drug-likeness (QED) is 0.835. The van der Waals surface area contributed by atoms with E-state index in [2.05, 4.69) is 9.71 Å². The van der Waals surface area contributed by atoms with Crippen LogP contribution in [0.1, 0.15) is 48.1 Å². The smallest absolute Gasteiger partial charge is 0.241 e. The second-order valence-corrected chi connectivity index (χ2v) is 8.64. The van der Waals surface area contributed by atoms with Gasteiger partial charge in [-0.1, -0.05) is 6.07 Å². The molecule has 1 aliphatic rings. The maximum Gasteiger partial charge on any atom is 0.241 e. The van der Waals surface area contributed by atoms with Crippen molar-refractivity contribution in [1.82, 2.24) is 9.71 Å². The number of nitrogens with zero attached hydrogens (tertiary/aromatic N) is 1. The van der Waals surface area contributed by atoms with Gasteiger partial charge in [0.15, 0.2) is 0 Å². The van der Waals surface area contributed by atoms with Crippen LogP contribution in [0.5, 0.6) is 5.75 Å². The third-order valence-corrected chi connectivity index (χ3v) is 6.69. The van der Waals surface area contributed by atoms with E-state index in [1.807, 2.05) is 26.0 Å². The summed E-state index contributed by atoms with van der Waals surface area (Å²) in [5.41, 5.74) is 3.50. The summed E-state index contributed by atoms with van der Waals surface area (Å²) in [5.74, 6) is 0.663. The molecule has 1 heterocycles. The molecule has 1 aliphatic carbocycles. The first-order valence-corrected chi connectivity index (χ1v) is 10.5. The van der Waals surface area contributed by atoms with Gasteiger partial charge in [0.1, 0.15) is 5.75 Å². The Balaban J connectivity index is 1.79. The fraction of sp³-hybridized carbons (Fsp3) is 0.450. The van der Waals surface area contributed by atoms with E-state index in [9.17, 15) is 8.42 Å². The van der Waals surface area contributed by atoms with Crippen molar-refractivity contribution in [3.8, 4) is 5.75 Å². The summed E-state index contributed by atoms with van der Waals surface area (Å²) in [7, 11) is -3.63. The normalized spacial score (nSPS) is 15.3. The number of rotatable bonds is 6. The number of sulfonamides is 1. The molecule has 1 aromatic heterocycles. The van der Waals surface area contributed by atoms with E-state index in [0.29, 0.717) is 11.3 Å². The topological polar surface area (TPSA) is 68.3 Å². The molecular weight excluding hydrogens is 348 g/mol. The lowest BCUT2D eigenvalue weighted by molar-refractivity contribution is 0.208. The van der Waals surface area contributed by atoms with Gasteiger partial charge in [0.2, 0.25) is 10.0 Å². The number of pyridine rings is 1. The Bertz CT molecular complexity index is 888. The summed E-state index contributed by atoms with van der Waals surface area (Å²) in [5, 5.41) is 0. The van der Waals surface area contributed by atoms with Gasteiger partial charge >= 0.3 is 0 Å². The highest BCUT2D eigenvalue weighted by molar-refractivity contribution is 7.89. The molecular formula is C20H26N2O3S. The third-order valence-electron chi connectivity index (χ3n) is 5.14. The Hall–Kier alpha value is -1.92. The van der Waals surface area contributed by atoms with Crippen LogP contribution in [0.15, 0.2) is 35.4 Å². The highest BCUT2D eigenvalue weighted by Gasteiger charge is 2.22. The Morgan fingerprint density at radius 2 is 1.85 bits per heavy atom. The minimum atomic E-state index is -3.63. The molecule has 0 bridgehead atoms. The number of hydrogen-bond donors (Lipinski definition) is 1. The standard InChI is InChI=1S/C20H26N2O3S/c1-14-16(3)21-12-11-17(14)13-22-26(23,24)20-10-6-9-19(15(20)2)25-18-7-4-5-8-18/h6,9-12,18,22H,4-5,7-8,13H2,1-3H3. The molecule has 0 atom stereocenters. The average Bonchev–Trinajstić information content (AvgIpc) is 3.11. The number of hydrogen-bond acceptors (Lipinski definition) is 4. The molecule has 0 amide bonds. The van der Waals surface area contributed by atoms with Crippen molar-refractivity contribution < 1.29 is 13.2 Å². The molecule has 3 rings (SSSR count). The molecule has 2 aromatic rings. The van der Waals surface area contributed by atoms with Crippen molar-refractivity contribution >= 4 is 10.0 Å². The second-order valence-electron chi connectivity index (χ2n) is 6.91. The van der Waals surface area contributed by atoms with Crippen LogP contribution in [0.25, 0.3) is 0 Å². The van der Waals surface area contributed by atoms with Crippen molar-refractivity contribution in [3.63, 3.8) is 0 Å². The summed E-state index contributed by atoms with van der Waals surface area (Å²) < 4.78 is 34.4. The highest BCUT2D eigenvalue weighted by atomic mass is 32.2. The van der Waals surface area contributed by atoms with Crippen LogP contribution < -0.4 is 9.46 Å². The number of benzene rings is 1. The van der Waals surface area contributed by atoms with E-state index >= 15 is 0 Å².